The Morgan fingerprint density at radius 2 is 2.12 bits per heavy atom. The molecule has 0 radical (unpaired) electrons. The van der Waals surface area contributed by atoms with Gasteiger partial charge in [-0.25, -0.2) is 19.6 Å². The summed E-state index contributed by atoms with van der Waals surface area (Å²) in [5.41, 5.74) is 10.2. The van der Waals surface area contributed by atoms with Crippen LogP contribution in [0, 0.1) is 18.8 Å². The van der Waals surface area contributed by atoms with Crippen LogP contribution in [0.5, 0.6) is 0 Å². The summed E-state index contributed by atoms with van der Waals surface area (Å²) in [5.74, 6) is 2.77. The molecule has 3 aromatic heterocycles. The summed E-state index contributed by atoms with van der Waals surface area (Å²) < 4.78 is 1.65. The number of nitrogens with two attached hydrogens (primary N) is 1. The van der Waals surface area contributed by atoms with E-state index < -0.39 is 0 Å². The first-order valence-electron chi connectivity index (χ1n) is 11.1. The summed E-state index contributed by atoms with van der Waals surface area (Å²) in [7, 11) is 0. The van der Waals surface area contributed by atoms with E-state index in [1.54, 1.807) is 17.1 Å². The molecule has 4 heterocycles. The van der Waals surface area contributed by atoms with E-state index in [2.05, 4.69) is 30.5 Å². The van der Waals surface area contributed by atoms with Gasteiger partial charge in [-0.05, 0) is 55.2 Å². The van der Waals surface area contributed by atoms with E-state index in [-0.39, 0.29) is 17.6 Å². The summed E-state index contributed by atoms with van der Waals surface area (Å²) in [6.07, 6.45) is 8.16. The second-order valence-corrected chi connectivity index (χ2v) is 9.07. The topological polar surface area (TPSA) is 128 Å². The van der Waals surface area contributed by atoms with Crippen molar-refractivity contribution in [3.63, 3.8) is 0 Å². The number of nitrogen functional groups attached to an aromatic ring is 1. The zero-order chi connectivity index (χ0) is 21.8. The molecule has 1 aliphatic heterocycles. The smallest absolute Gasteiger partial charge is 0.273 e. The van der Waals surface area contributed by atoms with Gasteiger partial charge in [0.25, 0.3) is 5.91 Å². The van der Waals surface area contributed by atoms with Gasteiger partial charge in [-0.3, -0.25) is 4.79 Å². The number of aryl methyl sites for hydroxylation is 1. The lowest BCUT2D eigenvalue weighted by atomic mass is 10.1. The maximum absolute atomic E-state index is 12.7. The second kappa shape index (κ2) is 7.25. The molecule has 1 amide bonds. The Hall–Kier alpha value is -3.56. The monoisotopic (exact) mass is 431 g/mol. The van der Waals surface area contributed by atoms with Gasteiger partial charge in [0.2, 0.25) is 5.95 Å². The zero-order valence-corrected chi connectivity index (χ0v) is 17.9. The van der Waals surface area contributed by atoms with Crippen LogP contribution in [-0.2, 0) is 13.0 Å². The molecule has 2 aliphatic carbocycles. The lowest BCUT2D eigenvalue weighted by Crippen LogP contribution is -2.27. The fourth-order valence-electron chi connectivity index (χ4n) is 4.95. The van der Waals surface area contributed by atoms with Crippen LogP contribution in [0.4, 0.5) is 11.8 Å². The highest BCUT2D eigenvalue weighted by molar-refractivity contribution is 5.92. The van der Waals surface area contributed by atoms with Crippen molar-refractivity contribution in [2.75, 3.05) is 23.7 Å². The van der Waals surface area contributed by atoms with Crippen molar-refractivity contribution in [3.05, 3.63) is 52.7 Å². The number of hydrogen-bond donors (Lipinski definition) is 2. The quantitative estimate of drug-likeness (QED) is 0.618. The van der Waals surface area contributed by atoms with Crippen molar-refractivity contribution < 1.29 is 4.79 Å². The Balaban J connectivity index is 1.12. The largest absolute Gasteiger partial charge is 0.383 e. The molecule has 3 atom stereocenters. The van der Waals surface area contributed by atoms with Crippen LogP contribution < -0.4 is 16.0 Å². The number of carbonyl (C=O) groups is 1. The van der Waals surface area contributed by atoms with E-state index in [0.717, 1.165) is 66.1 Å². The Bertz CT molecular complexity index is 1200. The minimum Gasteiger partial charge on any atom is -0.383 e. The average Bonchev–Trinajstić information content (AvgIpc) is 3.17. The highest BCUT2D eigenvalue weighted by atomic mass is 16.2. The summed E-state index contributed by atoms with van der Waals surface area (Å²) in [6.45, 7) is 4.59. The predicted octanol–water partition coefficient (Wildman–Crippen LogP) is 1.28. The first-order chi connectivity index (χ1) is 15.5. The highest BCUT2D eigenvalue weighted by Gasteiger charge is 2.45. The van der Waals surface area contributed by atoms with Crippen LogP contribution in [0.3, 0.4) is 0 Å². The van der Waals surface area contributed by atoms with Crippen molar-refractivity contribution in [1.82, 2.24) is 35.3 Å². The van der Waals surface area contributed by atoms with Crippen LogP contribution in [-0.4, -0.2) is 48.9 Å². The molecule has 32 heavy (non-hydrogen) atoms. The molecule has 0 aromatic carbocycles. The Kier molecular flexibility index (Phi) is 4.34. The molecule has 3 N–H and O–H groups in total. The maximum atomic E-state index is 12.7. The van der Waals surface area contributed by atoms with Gasteiger partial charge in [-0.2, -0.15) is 0 Å². The van der Waals surface area contributed by atoms with Crippen LogP contribution in [0.1, 0.15) is 51.8 Å². The molecular formula is C22H25N9O. The molecule has 10 nitrogen and oxygen atoms in total. The lowest BCUT2D eigenvalue weighted by Gasteiger charge is -2.18. The number of pyridine rings is 1. The number of amides is 1. The SMILES string of the molecule is Cc1nc(N2CC3CC3C2)ncc1Cn1cc(C(=O)NC2CCc3c2ccnc3N)nn1. The van der Waals surface area contributed by atoms with Crippen LogP contribution in [0.15, 0.2) is 24.7 Å². The first kappa shape index (κ1) is 19.1. The van der Waals surface area contributed by atoms with Crippen molar-refractivity contribution >= 4 is 17.7 Å². The van der Waals surface area contributed by atoms with E-state index >= 15 is 0 Å². The number of nitrogens with one attached hydrogen (secondary N) is 1. The molecule has 2 fully saturated rings. The summed E-state index contributed by atoms with van der Waals surface area (Å²) in [4.78, 5) is 28.4. The Morgan fingerprint density at radius 3 is 2.94 bits per heavy atom. The molecule has 3 unspecified atom stereocenters. The average molecular weight is 432 g/mol. The van der Waals surface area contributed by atoms with Crippen LogP contribution >= 0.6 is 0 Å². The number of piperidine rings is 1. The summed E-state index contributed by atoms with van der Waals surface area (Å²) in [5, 5.41) is 11.2. The third kappa shape index (κ3) is 3.35. The van der Waals surface area contributed by atoms with Gasteiger partial charge >= 0.3 is 0 Å². The third-order valence-electron chi connectivity index (χ3n) is 6.92. The number of anilines is 2. The molecule has 1 saturated heterocycles. The predicted molar refractivity (Wildman–Crippen MR) is 117 cm³/mol. The zero-order valence-electron chi connectivity index (χ0n) is 17.9. The summed E-state index contributed by atoms with van der Waals surface area (Å²) >= 11 is 0. The van der Waals surface area contributed by atoms with Gasteiger partial charge in [0.15, 0.2) is 5.69 Å². The molecule has 164 valence electrons. The third-order valence-corrected chi connectivity index (χ3v) is 6.92. The van der Waals surface area contributed by atoms with Gasteiger partial charge < -0.3 is 16.0 Å². The van der Waals surface area contributed by atoms with Crippen molar-refractivity contribution in [2.24, 2.45) is 11.8 Å². The van der Waals surface area contributed by atoms with E-state index in [1.807, 2.05) is 19.2 Å². The molecule has 3 aliphatic rings. The van der Waals surface area contributed by atoms with Crippen LogP contribution in [0.25, 0.3) is 0 Å². The van der Waals surface area contributed by atoms with E-state index in [0.29, 0.717) is 12.4 Å². The van der Waals surface area contributed by atoms with E-state index in [1.165, 1.54) is 6.42 Å². The van der Waals surface area contributed by atoms with Crippen molar-refractivity contribution in [3.8, 4) is 0 Å². The van der Waals surface area contributed by atoms with Gasteiger partial charge in [-0.15, -0.1) is 5.10 Å². The number of rotatable bonds is 5. The number of aromatic nitrogens is 6. The molecule has 1 saturated carbocycles. The molecule has 3 aromatic rings. The minimum atomic E-state index is -0.250. The fourth-order valence-corrected chi connectivity index (χ4v) is 4.95. The van der Waals surface area contributed by atoms with Gasteiger partial charge in [0, 0.05) is 36.7 Å². The van der Waals surface area contributed by atoms with Gasteiger partial charge in [-0.1, -0.05) is 5.21 Å². The van der Waals surface area contributed by atoms with Crippen molar-refractivity contribution in [1.29, 1.82) is 0 Å². The normalized spacial score (nSPS) is 23.2. The van der Waals surface area contributed by atoms with E-state index in [9.17, 15) is 4.79 Å². The Labute approximate surface area is 185 Å². The molecule has 6 rings (SSSR count). The van der Waals surface area contributed by atoms with E-state index in [4.69, 9.17) is 10.7 Å². The molecule has 0 spiro atoms. The van der Waals surface area contributed by atoms with Gasteiger partial charge in [0.05, 0.1) is 18.8 Å². The second-order valence-electron chi connectivity index (χ2n) is 9.07. The standard InChI is InChI=1S/C22H25N9O/c1-12-15(7-25-22(26-12)30-8-13-6-14(13)9-30)10-31-11-19(28-29-31)21(32)27-18-3-2-17-16(18)4-5-24-20(17)23/h4-5,7,11,13-14,18H,2-3,6,8-10H2,1H3,(H2,23,24)(H,27,32). The highest BCUT2D eigenvalue weighted by Crippen LogP contribution is 2.45. The van der Waals surface area contributed by atoms with Crippen LogP contribution in [0.2, 0.25) is 0 Å². The molecular weight excluding hydrogens is 406 g/mol. The lowest BCUT2D eigenvalue weighted by molar-refractivity contribution is 0.0931. The minimum absolute atomic E-state index is 0.0900. The molecule has 0 bridgehead atoms. The first-order valence-corrected chi connectivity index (χ1v) is 11.1. The number of hydrogen-bond acceptors (Lipinski definition) is 8. The Morgan fingerprint density at radius 1 is 1.28 bits per heavy atom. The number of fused-ring (bicyclic) bond motifs is 2. The fraction of sp³-hybridized carbons (Fsp3) is 0.455. The van der Waals surface area contributed by atoms with Gasteiger partial charge in [0.1, 0.15) is 5.82 Å². The molecule has 10 heteroatoms. The van der Waals surface area contributed by atoms with Crippen molar-refractivity contribution in [2.45, 2.75) is 38.8 Å². The summed E-state index contributed by atoms with van der Waals surface area (Å²) in [6, 6.07) is 1.82. The number of nitrogens with zero attached hydrogens (tertiary/aromatic N) is 7. The maximum Gasteiger partial charge on any atom is 0.273 e. The number of carbonyl (C=O) groups excluding carboxylic acids is 1.